The van der Waals surface area contributed by atoms with Gasteiger partial charge in [0, 0.05) is 12.2 Å². The Kier molecular flexibility index (Phi) is 8.39. The first-order valence-corrected chi connectivity index (χ1v) is 10.2. The second-order valence-corrected chi connectivity index (χ2v) is 6.91. The Bertz CT molecular complexity index is 1020. The summed E-state index contributed by atoms with van der Waals surface area (Å²) in [5.74, 6) is 0.152. The molecule has 0 saturated carbocycles. The normalized spacial score (nSPS) is 10.1. The minimum Gasteiger partial charge on any atom is -0.457 e. The SMILES string of the molecule is O=C(Cc1ccccc1)NCCC(=O)OCC(=O)Nc1ccc(Oc2ccccc2)cc1. The summed E-state index contributed by atoms with van der Waals surface area (Å²) in [4.78, 5) is 35.6. The smallest absolute Gasteiger partial charge is 0.308 e. The molecule has 3 aromatic carbocycles. The first-order valence-electron chi connectivity index (χ1n) is 10.2. The molecule has 0 heterocycles. The molecule has 0 radical (unpaired) electrons. The molecule has 0 bridgehead atoms. The molecule has 0 unspecified atom stereocenters. The minimum absolute atomic E-state index is 0.0146. The van der Waals surface area contributed by atoms with Crippen molar-refractivity contribution in [2.75, 3.05) is 18.5 Å². The molecule has 0 atom stereocenters. The van der Waals surface area contributed by atoms with Crippen molar-refractivity contribution in [3.63, 3.8) is 0 Å². The zero-order valence-electron chi connectivity index (χ0n) is 17.5. The fraction of sp³-hybridized carbons (Fsp3) is 0.160. The Balaban J connectivity index is 1.32. The summed E-state index contributed by atoms with van der Waals surface area (Å²) in [5.41, 5.74) is 1.45. The molecule has 0 aliphatic carbocycles. The van der Waals surface area contributed by atoms with Crippen molar-refractivity contribution in [1.29, 1.82) is 0 Å². The topological polar surface area (TPSA) is 93.7 Å². The maximum absolute atomic E-state index is 12.0. The van der Waals surface area contributed by atoms with Crippen LogP contribution in [-0.4, -0.2) is 30.9 Å². The van der Waals surface area contributed by atoms with Crippen molar-refractivity contribution in [3.8, 4) is 11.5 Å². The summed E-state index contributed by atoms with van der Waals surface area (Å²) in [5, 5.41) is 5.31. The number of hydrogen-bond acceptors (Lipinski definition) is 5. The number of amides is 2. The van der Waals surface area contributed by atoms with Gasteiger partial charge in [0.15, 0.2) is 6.61 Å². The summed E-state index contributed by atoms with van der Waals surface area (Å²) < 4.78 is 10.6. The van der Waals surface area contributed by atoms with Crippen LogP contribution in [0.15, 0.2) is 84.9 Å². The predicted molar refractivity (Wildman–Crippen MR) is 120 cm³/mol. The van der Waals surface area contributed by atoms with Gasteiger partial charge in [-0.05, 0) is 42.0 Å². The van der Waals surface area contributed by atoms with Crippen molar-refractivity contribution in [1.82, 2.24) is 5.32 Å². The van der Waals surface area contributed by atoms with Crippen LogP contribution in [0.1, 0.15) is 12.0 Å². The molecule has 3 aromatic rings. The number of esters is 1. The van der Waals surface area contributed by atoms with Crippen LogP contribution < -0.4 is 15.4 Å². The van der Waals surface area contributed by atoms with E-state index in [1.165, 1.54) is 0 Å². The molecule has 0 aliphatic rings. The van der Waals surface area contributed by atoms with Crippen LogP contribution in [0.3, 0.4) is 0 Å². The number of nitrogens with one attached hydrogen (secondary N) is 2. The van der Waals surface area contributed by atoms with Gasteiger partial charge in [0.1, 0.15) is 11.5 Å². The Labute approximate surface area is 186 Å². The van der Waals surface area contributed by atoms with Gasteiger partial charge in [-0.1, -0.05) is 48.5 Å². The molecule has 2 amide bonds. The van der Waals surface area contributed by atoms with Crippen molar-refractivity contribution in [2.45, 2.75) is 12.8 Å². The lowest BCUT2D eigenvalue weighted by Crippen LogP contribution is -2.28. The van der Waals surface area contributed by atoms with Crippen LogP contribution in [0, 0.1) is 0 Å². The van der Waals surface area contributed by atoms with Crippen molar-refractivity contribution in [3.05, 3.63) is 90.5 Å². The van der Waals surface area contributed by atoms with E-state index < -0.39 is 18.5 Å². The minimum atomic E-state index is -0.563. The second kappa shape index (κ2) is 11.9. The lowest BCUT2D eigenvalue weighted by Gasteiger charge is -2.09. The van der Waals surface area contributed by atoms with E-state index in [1.807, 2.05) is 60.7 Å². The monoisotopic (exact) mass is 432 g/mol. The molecule has 0 saturated heterocycles. The fourth-order valence-corrected chi connectivity index (χ4v) is 2.79. The van der Waals surface area contributed by atoms with Gasteiger partial charge in [-0.2, -0.15) is 0 Å². The highest BCUT2D eigenvalue weighted by molar-refractivity contribution is 5.92. The highest BCUT2D eigenvalue weighted by atomic mass is 16.5. The molecule has 32 heavy (non-hydrogen) atoms. The van der Waals surface area contributed by atoms with Crippen LogP contribution in [-0.2, 0) is 25.5 Å². The van der Waals surface area contributed by atoms with Gasteiger partial charge in [0.25, 0.3) is 5.91 Å². The first kappa shape index (κ1) is 22.6. The van der Waals surface area contributed by atoms with E-state index in [9.17, 15) is 14.4 Å². The lowest BCUT2D eigenvalue weighted by atomic mass is 10.1. The zero-order valence-corrected chi connectivity index (χ0v) is 17.5. The zero-order chi connectivity index (χ0) is 22.6. The number of ether oxygens (including phenoxy) is 2. The van der Waals surface area contributed by atoms with Gasteiger partial charge in [-0.3, -0.25) is 14.4 Å². The maximum Gasteiger partial charge on any atom is 0.308 e. The quantitative estimate of drug-likeness (QED) is 0.477. The molecule has 7 nitrogen and oxygen atoms in total. The molecular formula is C25H24N2O5. The number of anilines is 1. The molecule has 0 aliphatic heterocycles. The first-order chi connectivity index (χ1) is 15.6. The second-order valence-electron chi connectivity index (χ2n) is 6.91. The van der Waals surface area contributed by atoms with Gasteiger partial charge in [-0.15, -0.1) is 0 Å². The summed E-state index contributed by atoms with van der Waals surface area (Å²) in [6, 6.07) is 25.5. The van der Waals surface area contributed by atoms with Crippen LogP contribution in [0.2, 0.25) is 0 Å². The summed E-state index contributed by atoms with van der Waals surface area (Å²) in [7, 11) is 0. The molecule has 3 rings (SSSR count). The van der Waals surface area contributed by atoms with E-state index in [0.29, 0.717) is 17.2 Å². The number of benzene rings is 3. The highest BCUT2D eigenvalue weighted by Gasteiger charge is 2.09. The fourth-order valence-electron chi connectivity index (χ4n) is 2.79. The van der Waals surface area contributed by atoms with Crippen molar-refractivity contribution in [2.24, 2.45) is 0 Å². The number of rotatable bonds is 10. The molecule has 164 valence electrons. The maximum atomic E-state index is 12.0. The number of hydrogen-bond donors (Lipinski definition) is 2. The van der Waals surface area contributed by atoms with E-state index in [-0.39, 0.29) is 25.3 Å². The Morgan fingerprint density at radius 1 is 0.719 bits per heavy atom. The number of carbonyl (C=O) groups excluding carboxylic acids is 3. The Hall–Kier alpha value is -4.13. The molecular weight excluding hydrogens is 408 g/mol. The van der Waals surface area contributed by atoms with Crippen LogP contribution >= 0.6 is 0 Å². The number of carbonyl (C=O) groups is 3. The van der Waals surface area contributed by atoms with E-state index in [4.69, 9.17) is 9.47 Å². The van der Waals surface area contributed by atoms with Crippen LogP contribution in [0.4, 0.5) is 5.69 Å². The molecule has 7 heteroatoms. The van der Waals surface area contributed by atoms with Gasteiger partial charge in [-0.25, -0.2) is 0 Å². The third kappa shape index (κ3) is 7.95. The summed E-state index contributed by atoms with van der Waals surface area (Å²) >= 11 is 0. The van der Waals surface area contributed by atoms with E-state index in [2.05, 4.69) is 10.6 Å². The van der Waals surface area contributed by atoms with Crippen molar-refractivity contribution < 1.29 is 23.9 Å². The average Bonchev–Trinajstić information content (AvgIpc) is 2.80. The van der Waals surface area contributed by atoms with Crippen LogP contribution in [0.5, 0.6) is 11.5 Å². The Morgan fingerprint density at radius 2 is 1.34 bits per heavy atom. The van der Waals surface area contributed by atoms with E-state index >= 15 is 0 Å². The standard InChI is InChI=1S/C25H24N2O5/c28-23(17-19-7-3-1-4-8-19)26-16-15-25(30)31-18-24(29)27-20-11-13-22(14-12-20)32-21-9-5-2-6-10-21/h1-14H,15-18H2,(H,26,28)(H,27,29). The predicted octanol–water partition coefficient (Wildman–Crippen LogP) is 3.71. The van der Waals surface area contributed by atoms with Crippen molar-refractivity contribution >= 4 is 23.5 Å². The molecule has 0 fully saturated rings. The van der Waals surface area contributed by atoms with Gasteiger partial charge < -0.3 is 20.1 Å². The number of para-hydroxylation sites is 1. The average molecular weight is 432 g/mol. The Morgan fingerprint density at radius 3 is 2.03 bits per heavy atom. The van der Waals surface area contributed by atoms with Gasteiger partial charge in [0.05, 0.1) is 12.8 Å². The van der Waals surface area contributed by atoms with Crippen LogP contribution in [0.25, 0.3) is 0 Å². The van der Waals surface area contributed by atoms with E-state index in [0.717, 1.165) is 5.56 Å². The molecule has 0 aromatic heterocycles. The third-order valence-electron chi connectivity index (χ3n) is 4.34. The molecule has 0 spiro atoms. The van der Waals surface area contributed by atoms with Gasteiger partial charge in [0.2, 0.25) is 5.91 Å². The molecule has 2 N–H and O–H groups in total. The lowest BCUT2D eigenvalue weighted by molar-refractivity contribution is -0.147. The van der Waals surface area contributed by atoms with E-state index in [1.54, 1.807) is 24.3 Å². The highest BCUT2D eigenvalue weighted by Crippen LogP contribution is 2.22. The summed E-state index contributed by atoms with van der Waals surface area (Å²) in [6.45, 7) is -0.256. The third-order valence-corrected chi connectivity index (χ3v) is 4.34. The summed E-state index contributed by atoms with van der Waals surface area (Å²) in [6.07, 6.45) is 0.229. The van der Waals surface area contributed by atoms with Gasteiger partial charge >= 0.3 is 5.97 Å². The largest absolute Gasteiger partial charge is 0.457 e.